The van der Waals surface area contributed by atoms with E-state index in [0.29, 0.717) is 43.5 Å². The minimum atomic E-state index is -0.994. The summed E-state index contributed by atoms with van der Waals surface area (Å²) in [6.07, 6.45) is 15.7. The largest absolute Gasteiger partial charge is 0.481 e. The summed E-state index contributed by atoms with van der Waals surface area (Å²) in [5, 5.41) is 23.2. The lowest BCUT2D eigenvalue weighted by Crippen LogP contribution is -2.41. The van der Waals surface area contributed by atoms with Gasteiger partial charge in [-0.1, -0.05) is 64.2 Å². The van der Waals surface area contributed by atoms with Crippen molar-refractivity contribution in [3.05, 3.63) is 29.8 Å². The molecule has 0 unspecified atom stereocenters. The second-order valence-electron chi connectivity index (χ2n) is 10.1. The van der Waals surface area contributed by atoms with Crippen molar-refractivity contribution in [3.8, 4) is 0 Å². The van der Waals surface area contributed by atoms with Crippen LogP contribution in [-0.2, 0) is 14.4 Å². The third-order valence-corrected chi connectivity index (χ3v) is 6.68. The number of carbonyl (C=O) groups excluding carboxylic acids is 2. The summed E-state index contributed by atoms with van der Waals surface area (Å²) in [7, 11) is 0. The third-order valence-electron chi connectivity index (χ3n) is 6.68. The Morgan fingerprint density at radius 1 is 0.692 bits per heavy atom. The van der Waals surface area contributed by atoms with Crippen LogP contribution in [0.4, 0.5) is 5.69 Å². The van der Waals surface area contributed by atoms with Crippen LogP contribution in [-0.4, -0.2) is 46.6 Å². The minimum Gasteiger partial charge on any atom is -0.481 e. The van der Waals surface area contributed by atoms with E-state index >= 15 is 0 Å². The molecule has 1 atom stereocenters. The van der Waals surface area contributed by atoms with Crippen molar-refractivity contribution in [3.63, 3.8) is 0 Å². The lowest BCUT2D eigenvalue weighted by atomic mass is 10.0. The van der Waals surface area contributed by atoms with Gasteiger partial charge in [0.25, 0.3) is 5.91 Å². The molecule has 220 valence electrons. The van der Waals surface area contributed by atoms with E-state index in [4.69, 9.17) is 16.1 Å². The van der Waals surface area contributed by atoms with Crippen LogP contribution in [0, 0.1) is 0 Å². The molecule has 0 saturated heterocycles. The van der Waals surface area contributed by atoms with Crippen molar-refractivity contribution in [1.82, 2.24) is 10.7 Å². The molecule has 2 amide bonds. The number of hydrazine groups is 1. The molecule has 39 heavy (non-hydrogen) atoms. The summed E-state index contributed by atoms with van der Waals surface area (Å²) < 4.78 is 0. The van der Waals surface area contributed by atoms with Gasteiger partial charge >= 0.3 is 11.9 Å². The van der Waals surface area contributed by atoms with Gasteiger partial charge in [0.1, 0.15) is 6.04 Å². The molecule has 0 aliphatic rings. The van der Waals surface area contributed by atoms with Crippen LogP contribution in [0.15, 0.2) is 24.3 Å². The van der Waals surface area contributed by atoms with Crippen molar-refractivity contribution in [2.75, 3.05) is 11.9 Å². The topological polar surface area (TPSA) is 171 Å². The van der Waals surface area contributed by atoms with Crippen molar-refractivity contribution in [2.45, 2.75) is 115 Å². The molecule has 1 aromatic rings. The fraction of sp³-hybridized carbons (Fsp3) is 0.655. The Morgan fingerprint density at radius 2 is 1.21 bits per heavy atom. The number of benzene rings is 1. The van der Waals surface area contributed by atoms with E-state index in [1.807, 2.05) is 0 Å². The molecular weight excluding hydrogens is 500 g/mol. The summed E-state index contributed by atoms with van der Waals surface area (Å²) in [6, 6.07) is 5.98. The van der Waals surface area contributed by atoms with Crippen molar-refractivity contribution in [2.24, 2.45) is 5.84 Å². The highest BCUT2D eigenvalue weighted by atomic mass is 16.4. The first-order valence-electron chi connectivity index (χ1n) is 14.4. The number of carbonyl (C=O) groups is 4. The van der Waals surface area contributed by atoms with Crippen LogP contribution >= 0.6 is 0 Å². The van der Waals surface area contributed by atoms with Gasteiger partial charge in [-0.25, -0.2) is 5.43 Å². The Labute approximate surface area is 232 Å². The Kier molecular flexibility index (Phi) is 19.1. The third kappa shape index (κ3) is 18.0. The molecular formula is C29H48N4O6. The SMILES string of the molecule is NN[C@@H](CCCCNC(=O)c1ccc(NC(=O)CCCCCCCCCCCCCCC(=O)O)cc1)C(=O)O. The smallest absolute Gasteiger partial charge is 0.322 e. The summed E-state index contributed by atoms with van der Waals surface area (Å²) in [4.78, 5) is 45.8. The van der Waals surface area contributed by atoms with Gasteiger partial charge in [0.15, 0.2) is 0 Å². The monoisotopic (exact) mass is 548 g/mol. The average molecular weight is 549 g/mol. The predicted molar refractivity (Wildman–Crippen MR) is 152 cm³/mol. The number of hydrogen-bond donors (Lipinski definition) is 6. The van der Waals surface area contributed by atoms with Crippen LogP contribution in [0.3, 0.4) is 0 Å². The highest BCUT2D eigenvalue weighted by Gasteiger charge is 2.14. The van der Waals surface area contributed by atoms with Gasteiger partial charge in [-0.3, -0.25) is 25.0 Å². The lowest BCUT2D eigenvalue weighted by molar-refractivity contribution is -0.140. The first kappa shape index (κ1) is 34.0. The molecule has 0 radical (unpaired) electrons. The maximum Gasteiger partial charge on any atom is 0.322 e. The normalized spacial score (nSPS) is 11.6. The van der Waals surface area contributed by atoms with Crippen LogP contribution in [0.5, 0.6) is 0 Å². The summed E-state index contributed by atoms with van der Waals surface area (Å²) >= 11 is 0. The maximum absolute atomic E-state index is 12.3. The van der Waals surface area contributed by atoms with E-state index in [9.17, 15) is 19.2 Å². The average Bonchev–Trinajstić information content (AvgIpc) is 2.90. The second kappa shape index (κ2) is 21.9. The Balaban J connectivity index is 2.04. The van der Waals surface area contributed by atoms with E-state index in [1.165, 1.54) is 38.5 Å². The van der Waals surface area contributed by atoms with E-state index in [2.05, 4.69) is 16.1 Å². The molecule has 0 fully saturated rings. The summed E-state index contributed by atoms with van der Waals surface area (Å²) in [5.41, 5.74) is 3.41. The zero-order valence-electron chi connectivity index (χ0n) is 23.2. The van der Waals surface area contributed by atoms with Crippen LogP contribution < -0.4 is 21.9 Å². The number of carboxylic acids is 2. The first-order chi connectivity index (χ1) is 18.8. The number of anilines is 1. The van der Waals surface area contributed by atoms with E-state index < -0.39 is 18.0 Å². The van der Waals surface area contributed by atoms with E-state index in [0.717, 1.165) is 38.5 Å². The molecule has 0 saturated carbocycles. The molecule has 1 rings (SSSR count). The number of nitrogens with one attached hydrogen (secondary N) is 3. The quantitative estimate of drug-likeness (QED) is 0.0596. The number of aliphatic carboxylic acids is 2. The number of rotatable bonds is 24. The molecule has 0 bridgehead atoms. The number of hydrogen-bond acceptors (Lipinski definition) is 6. The fourth-order valence-electron chi connectivity index (χ4n) is 4.31. The molecule has 0 aliphatic heterocycles. The van der Waals surface area contributed by atoms with E-state index in [-0.39, 0.29) is 18.2 Å². The van der Waals surface area contributed by atoms with Gasteiger partial charge in [0, 0.05) is 30.6 Å². The Bertz CT molecular complexity index is 847. The zero-order valence-corrected chi connectivity index (χ0v) is 23.2. The Hall–Kier alpha value is -2.98. The van der Waals surface area contributed by atoms with E-state index in [1.54, 1.807) is 24.3 Å². The molecule has 0 heterocycles. The van der Waals surface area contributed by atoms with Crippen LogP contribution in [0.25, 0.3) is 0 Å². The van der Waals surface area contributed by atoms with Crippen molar-refractivity contribution >= 4 is 29.4 Å². The van der Waals surface area contributed by atoms with Gasteiger partial charge in [-0.05, 0) is 56.4 Å². The molecule has 0 aliphatic carbocycles. The molecule has 10 nitrogen and oxygen atoms in total. The van der Waals surface area contributed by atoms with Crippen molar-refractivity contribution in [1.29, 1.82) is 0 Å². The number of unbranched alkanes of at least 4 members (excludes halogenated alkanes) is 12. The lowest BCUT2D eigenvalue weighted by Gasteiger charge is -2.11. The van der Waals surface area contributed by atoms with Crippen LogP contribution in [0.2, 0.25) is 0 Å². The van der Waals surface area contributed by atoms with Gasteiger partial charge in [-0.2, -0.15) is 0 Å². The molecule has 1 aromatic carbocycles. The number of nitrogens with two attached hydrogens (primary N) is 1. The summed E-state index contributed by atoms with van der Waals surface area (Å²) in [5.74, 6) is 3.26. The maximum atomic E-state index is 12.3. The highest BCUT2D eigenvalue weighted by molar-refractivity contribution is 5.95. The minimum absolute atomic E-state index is 0.0257. The van der Waals surface area contributed by atoms with Gasteiger partial charge in [0.2, 0.25) is 5.91 Å². The first-order valence-corrected chi connectivity index (χ1v) is 14.4. The van der Waals surface area contributed by atoms with Crippen LogP contribution in [0.1, 0.15) is 120 Å². The number of carboxylic acid groups (broad SMARTS) is 2. The Morgan fingerprint density at radius 3 is 1.69 bits per heavy atom. The van der Waals surface area contributed by atoms with Gasteiger partial charge < -0.3 is 20.8 Å². The van der Waals surface area contributed by atoms with Gasteiger partial charge in [-0.15, -0.1) is 0 Å². The fourth-order valence-corrected chi connectivity index (χ4v) is 4.31. The standard InChI is InChI=1S/C29H48N4O6/c30-33-25(29(38)39)15-13-14-22-31-28(37)23-18-20-24(21-19-23)32-26(34)16-11-9-7-5-3-1-2-4-6-8-10-12-17-27(35)36/h18-21,25,33H,1-17,22,30H2,(H,31,37)(H,32,34)(H,35,36)(H,38,39)/t25-/m0/s1. The van der Waals surface area contributed by atoms with Gasteiger partial charge in [0.05, 0.1) is 0 Å². The molecule has 10 heteroatoms. The highest BCUT2D eigenvalue weighted by Crippen LogP contribution is 2.14. The molecule has 7 N–H and O–H groups in total. The van der Waals surface area contributed by atoms with Crippen molar-refractivity contribution < 1.29 is 29.4 Å². The predicted octanol–water partition coefficient (Wildman–Crippen LogP) is 4.99. The second-order valence-corrected chi connectivity index (χ2v) is 10.1. The molecule has 0 spiro atoms. The zero-order chi connectivity index (χ0) is 28.7. The number of amides is 2. The molecule has 0 aromatic heterocycles. The summed E-state index contributed by atoms with van der Waals surface area (Å²) in [6.45, 7) is 0.436.